The van der Waals surface area contributed by atoms with Crippen molar-refractivity contribution < 1.29 is 9.15 Å². The molecule has 0 aliphatic heterocycles. The van der Waals surface area contributed by atoms with Crippen molar-refractivity contribution in [1.29, 1.82) is 0 Å². The molecule has 0 aliphatic rings. The summed E-state index contributed by atoms with van der Waals surface area (Å²) in [6.45, 7) is 2.02. The molecule has 0 radical (unpaired) electrons. The maximum atomic E-state index is 6.12. The van der Waals surface area contributed by atoms with Crippen LogP contribution in [0.3, 0.4) is 0 Å². The first-order chi connectivity index (χ1) is 15.1. The minimum atomic E-state index is 0.319. The predicted octanol–water partition coefficient (Wildman–Crippen LogP) is 5.71. The van der Waals surface area contributed by atoms with Crippen LogP contribution in [0, 0.1) is 6.92 Å². The molecule has 5 aromatic rings. The summed E-state index contributed by atoms with van der Waals surface area (Å²) in [5.74, 6) is 2.04. The van der Waals surface area contributed by atoms with E-state index in [4.69, 9.17) is 14.9 Å². The Labute approximate surface area is 178 Å². The molecule has 0 amide bonds. The van der Waals surface area contributed by atoms with Crippen LogP contribution in [0.4, 0.5) is 17.5 Å². The number of para-hydroxylation sites is 1. The molecule has 3 N–H and O–H groups in total. The smallest absolute Gasteiger partial charge is 0.320 e. The molecule has 31 heavy (non-hydrogen) atoms. The summed E-state index contributed by atoms with van der Waals surface area (Å²) >= 11 is 0. The van der Waals surface area contributed by atoms with Crippen molar-refractivity contribution in [2.45, 2.75) is 6.92 Å². The fourth-order valence-electron chi connectivity index (χ4n) is 3.30. The molecule has 2 heterocycles. The zero-order valence-corrected chi connectivity index (χ0v) is 16.7. The third-order valence-corrected chi connectivity index (χ3v) is 4.70. The highest BCUT2D eigenvalue weighted by atomic mass is 16.5. The zero-order valence-electron chi connectivity index (χ0n) is 16.7. The van der Waals surface area contributed by atoms with Crippen molar-refractivity contribution in [2.75, 3.05) is 11.1 Å². The summed E-state index contributed by atoms with van der Waals surface area (Å²) in [6, 6.07) is 25.1. The van der Waals surface area contributed by atoms with Crippen LogP contribution in [-0.2, 0) is 0 Å². The van der Waals surface area contributed by atoms with Gasteiger partial charge < -0.3 is 20.2 Å². The fourth-order valence-corrected chi connectivity index (χ4v) is 3.30. The van der Waals surface area contributed by atoms with Gasteiger partial charge in [0.15, 0.2) is 0 Å². The van der Waals surface area contributed by atoms with Gasteiger partial charge in [-0.25, -0.2) is 4.98 Å². The first-order valence-electron chi connectivity index (χ1n) is 9.75. The first kappa shape index (κ1) is 18.6. The van der Waals surface area contributed by atoms with Gasteiger partial charge in [0.2, 0.25) is 5.89 Å². The minimum absolute atomic E-state index is 0.319. The van der Waals surface area contributed by atoms with Crippen molar-refractivity contribution in [3.05, 3.63) is 84.4 Å². The molecule has 2 aromatic heterocycles. The van der Waals surface area contributed by atoms with Crippen LogP contribution in [0.15, 0.2) is 83.3 Å². The van der Waals surface area contributed by atoms with Crippen LogP contribution < -0.4 is 15.8 Å². The van der Waals surface area contributed by atoms with Gasteiger partial charge in [-0.05, 0) is 55.0 Å². The number of fused-ring (bicyclic) bond motifs is 1. The summed E-state index contributed by atoms with van der Waals surface area (Å²) in [5, 5.41) is 12.2. The van der Waals surface area contributed by atoms with Gasteiger partial charge in [-0.15, -0.1) is 5.10 Å². The van der Waals surface area contributed by atoms with E-state index in [1.807, 2.05) is 79.7 Å². The molecular weight excluding hydrogens is 390 g/mol. The largest absolute Gasteiger partial charge is 0.456 e. The minimum Gasteiger partial charge on any atom is -0.456 e. The van der Waals surface area contributed by atoms with E-state index in [-0.39, 0.29) is 0 Å². The Hall–Kier alpha value is -4.39. The number of benzene rings is 3. The van der Waals surface area contributed by atoms with Gasteiger partial charge in [-0.1, -0.05) is 35.4 Å². The van der Waals surface area contributed by atoms with Gasteiger partial charge >= 0.3 is 6.01 Å². The van der Waals surface area contributed by atoms with E-state index in [0.29, 0.717) is 29.2 Å². The number of hydrogen-bond donors (Lipinski definition) is 2. The van der Waals surface area contributed by atoms with Gasteiger partial charge in [0.25, 0.3) is 0 Å². The molecule has 152 valence electrons. The Morgan fingerprint density at radius 1 is 0.903 bits per heavy atom. The Bertz CT molecular complexity index is 1380. The number of nitrogen functional groups attached to an aromatic ring is 1. The Kier molecular flexibility index (Phi) is 4.68. The van der Waals surface area contributed by atoms with E-state index in [9.17, 15) is 0 Å². The second-order valence-electron chi connectivity index (χ2n) is 7.10. The number of aromatic nitrogens is 3. The highest BCUT2D eigenvalue weighted by molar-refractivity contribution is 5.87. The van der Waals surface area contributed by atoms with E-state index in [0.717, 1.165) is 27.7 Å². The molecule has 5 rings (SSSR count). The van der Waals surface area contributed by atoms with E-state index in [1.165, 1.54) is 0 Å². The summed E-state index contributed by atoms with van der Waals surface area (Å²) in [6.07, 6.45) is 0. The summed E-state index contributed by atoms with van der Waals surface area (Å²) in [4.78, 5) is 4.34. The monoisotopic (exact) mass is 409 g/mol. The van der Waals surface area contributed by atoms with Crippen LogP contribution in [0.25, 0.3) is 22.4 Å². The van der Waals surface area contributed by atoms with Crippen LogP contribution in [-0.4, -0.2) is 15.2 Å². The number of nitrogens with one attached hydrogen (secondary N) is 1. The third-order valence-electron chi connectivity index (χ3n) is 4.70. The second kappa shape index (κ2) is 7.79. The molecule has 0 fully saturated rings. The van der Waals surface area contributed by atoms with Crippen LogP contribution in [0.2, 0.25) is 0 Å². The summed E-state index contributed by atoms with van der Waals surface area (Å²) in [5.41, 5.74) is 9.48. The number of aryl methyl sites for hydroxylation is 1. The lowest BCUT2D eigenvalue weighted by Crippen LogP contribution is -1.94. The fraction of sp³-hybridized carbons (Fsp3) is 0.0417. The first-order valence-corrected chi connectivity index (χ1v) is 9.75. The standard InChI is InChI=1S/C24H19N5O2/c1-15-6-4-8-17(12-15)26-24-29-28-23(31-24)16-7-5-9-18(13-16)30-21-14-22(25)27-20-11-3-2-10-19(20)21/h2-14H,1H3,(H2,25,27)(H,26,29). The Morgan fingerprint density at radius 2 is 1.77 bits per heavy atom. The number of anilines is 3. The SMILES string of the molecule is Cc1cccc(Nc2nnc(-c3cccc(Oc4cc(N)nc5ccccc45)c3)o2)c1. The van der Waals surface area contributed by atoms with Crippen molar-refractivity contribution >= 4 is 28.4 Å². The molecule has 7 heteroatoms. The number of nitrogens with two attached hydrogens (primary N) is 1. The number of pyridine rings is 1. The molecule has 0 atom stereocenters. The third kappa shape index (κ3) is 4.02. The predicted molar refractivity (Wildman–Crippen MR) is 120 cm³/mol. The van der Waals surface area contributed by atoms with Gasteiger partial charge in [-0.2, -0.15) is 0 Å². The van der Waals surface area contributed by atoms with Gasteiger partial charge in [0.1, 0.15) is 17.3 Å². The molecule has 7 nitrogen and oxygen atoms in total. The van der Waals surface area contributed by atoms with E-state index in [1.54, 1.807) is 6.07 Å². The molecule has 0 saturated carbocycles. The summed E-state index contributed by atoms with van der Waals surface area (Å²) in [7, 11) is 0. The quantitative estimate of drug-likeness (QED) is 0.383. The Morgan fingerprint density at radius 3 is 2.68 bits per heavy atom. The summed E-state index contributed by atoms with van der Waals surface area (Å²) < 4.78 is 11.9. The normalized spacial score (nSPS) is 10.9. The molecule has 0 saturated heterocycles. The molecule has 0 unspecified atom stereocenters. The second-order valence-corrected chi connectivity index (χ2v) is 7.10. The molecule has 0 bridgehead atoms. The average molecular weight is 409 g/mol. The van der Waals surface area contributed by atoms with Crippen molar-refractivity contribution in [3.63, 3.8) is 0 Å². The van der Waals surface area contributed by atoms with Crippen molar-refractivity contribution in [2.24, 2.45) is 0 Å². The van der Waals surface area contributed by atoms with Crippen molar-refractivity contribution in [3.8, 4) is 23.0 Å². The lowest BCUT2D eigenvalue weighted by atomic mass is 10.2. The Balaban J connectivity index is 1.41. The van der Waals surface area contributed by atoms with E-state index >= 15 is 0 Å². The lowest BCUT2D eigenvalue weighted by molar-refractivity contribution is 0.488. The van der Waals surface area contributed by atoms with Crippen LogP contribution in [0.5, 0.6) is 11.5 Å². The van der Waals surface area contributed by atoms with E-state index in [2.05, 4.69) is 20.5 Å². The number of hydrogen-bond acceptors (Lipinski definition) is 7. The molecule has 3 aromatic carbocycles. The maximum absolute atomic E-state index is 6.12. The number of rotatable bonds is 5. The van der Waals surface area contributed by atoms with Crippen molar-refractivity contribution in [1.82, 2.24) is 15.2 Å². The van der Waals surface area contributed by atoms with Gasteiger partial charge in [0.05, 0.1) is 5.52 Å². The van der Waals surface area contributed by atoms with Gasteiger partial charge in [-0.3, -0.25) is 0 Å². The molecule has 0 aliphatic carbocycles. The molecule has 0 spiro atoms. The zero-order chi connectivity index (χ0) is 21.2. The highest BCUT2D eigenvalue weighted by Gasteiger charge is 2.12. The van der Waals surface area contributed by atoms with E-state index < -0.39 is 0 Å². The topological polar surface area (TPSA) is 99.1 Å². The lowest BCUT2D eigenvalue weighted by Gasteiger charge is -2.10. The average Bonchev–Trinajstić information content (AvgIpc) is 3.22. The number of ether oxygens (including phenoxy) is 1. The highest BCUT2D eigenvalue weighted by Crippen LogP contribution is 2.32. The molecular formula is C24H19N5O2. The van der Waals surface area contributed by atoms with Gasteiger partial charge in [0, 0.05) is 22.7 Å². The van der Waals surface area contributed by atoms with Crippen LogP contribution in [0.1, 0.15) is 5.56 Å². The number of nitrogens with zero attached hydrogens (tertiary/aromatic N) is 3. The maximum Gasteiger partial charge on any atom is 0.320 e. The van der Waals surface area contributed by atoms with Crippen LogP contribution >= 0.6 is 0 Å².